The molecule has 1 aromatic rings. The number of nitrogens with two attached hydrogens (primary N) is 1. The highest BCUT2D eigenvalue weighted by Gasteiger charge is 2.11. The maximum absolute atomic E-state index is 5.99. The van der Waals surface area contributed by atoms with Gasteiger partial charge in [-0.15, -0.1) is 11.8 Å². The number of thioether (sulfide) groups is 1. The van der Waals surface area contributed by atoms with Crippen LogP contribution in [0.1, 0.15) is 32.9 Å². The number of aryl methyl sites for hydroxylation is 2. The lowest BCUT2D eigenvalue weighted by atomic mass is 10.2. The maximum atomic E-state index is 5.99. The first-order valence-corrected chi connectivity index (χ1v) is 6.50. The van der Waals surface area contributed by atoms with Gasteiger partial charge in [-0.05, 0) is 31.9 Å². The molecule has 0 radical (unpaired) electrons. The molecule has 0 saturated heterocycles. The monoisotopic (exact) mass is 227 g/mol. The number of nitrogens with zero attached hydrogens (tertiary/aromatic N) is 2. The number of nitrogen functional groups attached to an aromatic ring is 1. The van der Waals surface area contributed by atoms with E-state index in [0.29, 0.717) is 0 Å². The fourth-order valence-corrected chi connectivity index (χ4v) is 2.74. The molecule has 0 saturated carbocycles. The third-order valence-electron chi connectivity index (χ3n) is 2.36. The van der Waals surface area contributed by atoms with E-state index in [1.165, 1.54) is 6.42 Å². The van der Waals surface area contributed by atoms with Gasteiger partial charge in [-0.1, -0.05) is 13.8 Å². The number of aromatic nitrogens is 2. The van der Waals surface area contributed by atoms with Crippen molar-refractivity contribution in [3.63, 3.8) is 0 Å². The predicted octanol–water partition coefficient (Wildman–Crippen LogP) is 2.93. The Balaban J connectivity index is 2.66. The van der Waals surface area contributed by atoms with Crippen LogP contribution in [0.4, 0.5) is 5.69 Å². The summed E-state index contributed by atoms with van der Waals surface area (Å²) >= 11 is 1.82. The van der Waals surface area contributed by atoms with Crippen molar-refractivity contribution in [2.24, 2.45) is 5.92 Å². The molecule has 0 aliphatic heterocycles. The van der Waals surface area contributed by atoms with E-state index < -0.39 is 0 Å². The highest BCUT2D eigenvalue weighted by Crippen LogP contribution is 2.28. The van der Waals surface area contributed by atoms with Crippen molar-refractivity contribution in [2.45, 2.75) is 45.7 Å². The summed E-state index contributed by atoms with van der Waals surface area (Å²) in [5.41, 5.74) is 7.79. The molecule has 4 heteroatoms. The molecule has 0 atom stereocenters. The Bertz CT molecular complexity index is 318. The van der Waals surface area contributed by atoms with Gasteiger partial charge in [0.2, 0.25) is 0 Å². The lowest BCUT2D eigenvalue weighted by Gasteiger charge is -2.06. The third kappa shape index (κ3) is 3.16. The van der Waals surface area contributed by atoms with Gasteiger partial charge in [-0.3, -0.25) is 4.68 Å². The van der Waals surface area contributed by atoms with Gasteiger partial charge in [0.05, 0.1) is 11.4 Å². The van der Waals surface area contributed by atoms with E-state index >= 15 is 0 Å². The molecular formula is C11H21N3S. The van der Waals surface area contributed by atoms with Gasteiger partial charge in [0.1, 0.15) is 5.03 Å². The van der Waals surface area contributed by atoms with Crippen LogP contribution in [0.3, 0.4) is 0 Å². The average molecular weight is 227 g/mol. The molecule has 0 unspecified atom stereocenters. The van der Waals surface area contributed by atoms with Crippen molar-refractivity contribution in [1.82, 2.24) is 9.78 Å². The predicted molar refractivity (Wildman–Crippen MR) is 67.2 cm³/mol. The van der Waals surface area contributed by atoms with Crippen molar-refractivity contribution >= 4 is 17.4 Å². The number of rotatable bonds is 5. The van der Waals surface area contributed by atoms with Crippen LogP contribution in [0.2, 0.25) is 0 Å². The zero-order valence-electron chi connectivity index (χ0n) is 10.1. The summed E-state index contributed by atoms with van der Waals surface area (Å²) in [6.45, 7) is 9.44. The van der Waals surface area contributed by atoms with Crippen molar-refractivity contribution in [3.05, 3.63) is 5.69 Å². The topological polar surface area (TPSA) is 43.8 Å². The van der Waals surface area contributed by atoms with Crippen molar-refractivity contribution in [2.75, 3.05) is 11.5 Å². The molecule has 0 aliphatic carbocycles. The summed E-state index contributed by atoms with van der Waals surface area (Å²) in [4.78, 5) is 0. The van der Waals surface area contributed by atoms with Crippen LogP contribution in [-0.4, -0.2) is 15.5 Å². The lowest BCUT2D eigenvalue weighted by molar-refractivity contribution is 0.599. The molecule has 1 rings (SSSR count). The lowest BCUT2D eigenvalue weighted by Crippen LogP contribution is -2.00. The van der Waals surface area contributed by atoms with E-state index in [9.17, 15) is 0 Å². The Morgan fingerprint density at radius 2 is 2.13 bits per heavy atom. The van der Waals surface area contributed by atoms with Crippen LogP contribution >= 0.6 is 11.8 Å². The van der Waals surface area contributed by atoms with Crippen molar-refractivity contribution in [1.29, 1.82) is 0 Å². The highest BCUT2D eigenvalue weighted by molar-refractivity contribution is 7.99. The average Bonchev–Trinajstić information content (AvgIpc) is 2.44. The Hall–Kier alpha value is -0.640. The summed E-state index contributed by atoms with van der Waals surface area (Å²) in [6.07, 6.45) is 1.22. The zero-order chi connectivity index (χ0) is 11.4. The van der Waals surface area contributed by atoms with E-state index in [1.54, 1.807) is 0 Å². The molecule has 15 heavy (non-hydrogen) atoms. The first kappa shape index (κ1) is 12.4. The third-order valence-corrected chi connectivity index (χ3v) is 3.50. The smallest absolute Gasteiger partial charge is 0.117 e. The molecule has 86 valence electrons. The van der Waals surface area contributed by atoms with E-state index in [0.717, 1.165) is 34.6 Å². The maximum Gasteiger partial charge on any atom is 0.117 e. The molecule has 0 spiro atoms. The van der Waals surface area contributed by atoms with Crippen LogP contribution in [-0.2, 0) is 6.54 Å². The summed E-state index contributed by atoms with van der Waals surface area (Å²) in [6, 6.07) is 0. The van der Waals surface area contributed by atoms with Gasteiger partial charge in [0.25, 0.3) is 0 Å². The van der Waals surface area contributed by atoms with Crippen molar-refractivity contribution < 1.29 is 0 Å². The minimum absolute atomic E-state index is 0.748. The van der Waals surface area contributed by atoms with Gasteiger partial charge in [0, 0.05) is 6.54 Å². The Morgan fingerprint density at radius 1 is 1.47 bits per heavy atom. The fourth-order valence-electron chi connectivity index (χ4n) is 1.33. The molecule has 3 nitrogen and oxygen atoms in total. The first-order chi connectivity index (χ1) is 7.06. The standard InChI is InChI=1S/C11H21N3S/c1-5-14-11(10(12)9(4)13-14)15-7-6-8(2)3/h8H,5-7,12H2,1-4H3. The zero-order valence-corrected chi connectivity index (χ0v) is 10.9. The van der Waals surface area contributed by atoms with E-state index in [4.69, 9.17) is 5.73 Å². The van der Waals surface area contributed by atoms with Crippen LogP contribution in [0.25, 0.3) is 0 Å². The second kappa shape index (κ2) is 5.45. The fraction of sp³-hybridized carbons (Fsp3) is 0.727. The molecule has 0 bridgehead atoms. The second-order valence-electron chi connectivity index (χ2n) is 4.15. The van der Waals surface area contributed by atoms with Gasteiger partial charge in [0.15, 0.2) is 0 Å². The molecule has 0 aromatic carbocycles. The van der Waals surface area contributed by atoms with E-state index in [1.807, 2.05) is 23.4 Å². The van der Waals surface area contributed by atoms with Gasteiger partial charge < -0.3 is 5.73 Å². The Kier molecular flexibility index (Phi) is 4.51. The Morgan fingerprint density at radius 3 is 2.67 bits per heavy atom. The van der Waals surface area contributed by atoms with Crippen LogP contribution in [0.15, 0.2) is 5.03 Å². The van der Waals surface area contributed by atoms with Gasteiger partial charge >= 0.3 is 0 Å². The summed E-state index contributed by atoms with van der Waals surface area (Å²) in [5.74, 6) is 1.87. The minimum atomic E-state index is 0.748. The largest absolute Gasteiger partial charge is 0.395 e. The van der Waals surface area contributed by atoms with Gasteiger partial charge in [-0.2, -0.15) is 5.10 Å². The first-order valence-electron chi connectivity index (χ1n) is 5.51. The summed E-state index contributed by atoms with van der Waals surface area (Å²) in [7, 11) is 0. The summed E-state index contributed by atoms with van der Waals surface area (Å²) < 4.78 is 2.00. The molecule has 1 heterocycles. The normalized spacial score (nSPS) is 11.3. The molecule has 2 N–H and O–H groups in total. The highest BCUT2D eigenvalue weighted by atomic mass is 32.2. The minimum Gasteiger partial charge on any atom is -0.395 e. The van der Waals surface area contributed by atoms with Crippen LogP contribution < -0.4 is 5.73 Å². The van der Waals surface area contributed by atoms with E-state index in [2.05, 4.69) is 25.9 Å². The molecule has 0 fully saturated rings. The molecule has 0 amide bonds. The van der Waals surface area contributed by atoms with Gasteiger partial charge in [-0.25, -0.2) is 0 Å². The molecule has 0 aliphatic rings. The SMILES string of the molecule is CCn1nc(C)c(N)c1SCCC(C)C. The molecular weight excluding hydrogens is 206 g/mol. The summed E-state index contributed by atoms with van der Waals surface area (Å²) in [5, 5.41) is 5.53. The number of hydrogen-bond acceptors (Lipinski definition) is 3. The second-order valence-corrected chi connectivity index (χ2v) is 5.23. The van der Waals surface area contributed by atoms with Crippen LogP contribution in [0, 0.1) is 12.8 Å². The van der Waals surface area contributed by atoms with Crippen molar-refractivity contribution in [3.8, 4) is 0 Å². The number of hydrogen-bond donors (Lipinski definition) is 1. The van der Waals surface area contributed by atoms with Crippen LogP contribution in [0.5, 0.6) is 0 Å². The number of anilines is 1. The quantitative estimate of drug-likeness (QED) is 0.787. The van der Waals surface area contributed by atoms with E-state index in [-0.39, 0.29) is 0 Å². The Labute approximate surface area is 96.4 Å². The molecule has 1 aromatic heterocycles.